The van der Waals surface area contributed by atoms with E-state index in [1.165, 1.54) is 10.8 Å². The summed E-state index contributed by atoms with van der Waals surface area (Å²) < 4.78 is 1.39. The van der Waals surface area contributed by atoms with Crippen molar-refractivity contribution in [2.45, 2.75) is 0 Å². The van der Waals surface area contributed by atoms with Crippen molar-refractivity contribution in [1.29, 1.82) is 0 Å². The molecule has 0 amide bonds. The molecule has 0 saturated heterocycles. The van der Waals surface area contributed by atoms with E-state index in [4.69, 9.17) is 5.11 Å². The Labute approximate surface area is 72.8 Å². The van der Waals surface area contributed by atoms with E-state index in [9.17, 15) is 4.79 Å². The molecule has 0 saturated carbocycles. The van der Waals surface area contributed by atoms with Crippen LogP contribution >= 0.6 is 0 Å². The van der Waals surface area contributed by atoms with Crippen LogP contribution < -0.4 is 0 Å². The third-order valence-electron chi connectivity index (χ3n) is 1.73. The highest BCUT2D eigenvalue weighted by Gasteiger charge is 2.14. The monoisotopic (exact) mass is 178 g/mol. The Morgan fingerprint density at radius 2 is 2.38 bits per heavy atom. The molecule has 2 aromatic rings. The minimum Gasteiger partial charge on any atom is -0.475 e. The van der Waals surface area contributed by atoms with E-state index < -0.39 is 5.97 Å². The number of aryl methyl sites for hydroxylation is 1. The summed E-state index contributed by atoms with van der Waals surface area (Å²) in [6.45, 7) is 0. The molecule has 6 heteroatoms. The predicted molar refractivity (Wildman–Crippen MR) is 43.3 cm³/mol. The maximum absolute atomic E-state index is 10.7. The van der Waals surface area contributed by atoms with Crippen molar-refractivity contribution in [3.05, 3.63) is 18.1 Å². The van der Waals surface area contributed by atoms with Gasteiger partial charge in [-0.15, -0.1) is 5.10 Å². The van der Waals surface area contributed by atoms with Crippen LogP contribution in [0, 0.1) is 0 Å². The van der Waals surface area contributed by atoms with Crippen molar-refractivity contribution in [2.75, 3.05) is 0 Å². The average molecular weight is 178 g/mol. The molecular weight excluding hydrogens is 172 g/mol. The summed E-state index contributed by atoms with van der Waals surface area (Å²) in [7, 11) is 1.59. The molecule has 2 rings (SSSR count). The first-order valence-electron chi connectivity index (χ1n) is 3.57. The van der Waals surface area contributed by atoms with Crippen LogP contribution in [0.2, 0.25) is 0 Å². The molecule has 0 atom stereocenters. The molecule has 2 heterocycles. The Morgan fingerprint density at radius 1 is 1.62 bits per heavy atom. The number of aromatic carboxylic acids is 1. The zero-order valence-electron chi connectivity index (χ0n) is 6.80. The van der Waals surface area contributed by atoms with Crippen molar-refractivity contribution >= 4 is 17.1 Å². The van der Waals surface area contributed by atoms with Gasteiger partial charge in [0, 0.05) is 7.05 Å². The fraction of sp³-hybridized carbons (Fsp3) is 0.143. The van der Waals surface area contributed by atoms with Gasteiger partial charge in [0.15, 0.2) is 5.65 Å². The summed E-state index contributed by atoms with van der Waals surface area (Å²) in [6, 6.07) is 1.62. The Kier molecular flexibility index (Phi) is 1.48. The molecule has 2 aromatic heterocycles. The number of carbonyl (C=O) groups is 1. The number of carboxylic acid groups (broad SMARTS) is 1. The number of rotatable bonds is 1. The van der Waals surface area contributed by atoms with Crippen molar-refractivity contribution in [3.8, 4) is 0 Å². The van der Waals surface area contributed by atoms with Gasteiger partial charge >= 0.3 is 5.97 Å². The van der Waals surface area contributed by atoms with E-state index in [2.05, 4.69) is 15.2 Å². The third-order valence-corrected chi connectivity index (χ3v) is 1.73. The van der Waals surface area contributed by atoms with Crippen LogP contribution in [0.4, 0.5) is 0 Å². The van der Waals surface area contributed by atoms with Crippen molar-refractivity contribution in [2.24, 2.45) is 7.05 Å². The normalized spacial score (nSPS) is 10.5. The van der Waals surface area contributed by atoms with Crippen LogP contribution in [0.3, 0.4) is 0 Å². The fourth-order valence-electron chi connectivity index (χ4n) is 1.12. The lowest BCUT2D eigenvalue weighted by Crippen LogP contribution is -2.06. The van der Waals surface area contributed by atoms with Gasteiger partial charge in [0.25, 0.3) is 0 Å². The van der Waals surface area contributed by atoms with Crippen LogP contribution in [0.25, 0.3) is 11.2 Å². The highest BCUT2D eigenvalue weighted by atomic mass is 16.4. The minimum absolute atomic E-state index is 0.0319. The first-order valence-corrected chi connectivity index (χ1v) is 3.57. The second kappa shape index (κ2) is 2.51. The van der Waals surface area contributed by atoms with Crippen molar-refractivity contribution in [3.63, 3.8) is 0 Å². The summed E-state index contributed by atoms with van der Waals surface area (Å²) in [5.41, 5.74) is 1.01. The molecule has 6 nitrogen and oxygen atoms in total. The number of nitrogens with zero attached hydrogens (tertiary/aromatic N) is 4. The lowest BCUT2D eigenvalue weighted by molar-refractivity contribution is 0.0680. The van der Waals surface area contributed by atoms with Crippen LogP contribution in [-0.4, -0.2) is 30.8 Å². The number of hydrogen-bond acceptors (Lipinski definition) is 4. The van der Waals surface area contributed by atoms with Gasteiger partial charge in [0.2, 0.25) is 5.82 Å². The summed E-state index contributed by atoms with van der Waals surface area (Å²) in [5.74, 6) is -1.10. The van der Waals surface area contributed by atoms with Gasteiger partial charge in [-0.1, -0.05) is 0 Å². The Bertz CT molecular complexity index is 476. The molecule has 0 aromatic carbocycles. The average Bonchev–Trinajstić information content (AvgIpc) is 2.45. The molecule has 66 valence electrons. The van der Waals surface area contributed by atoms with Crippen LogP contribution in [0.5, 0.6) is 0 Å². The van der Waals surface area contributed by atoms with E-state index in [-0.39, 0.29) is 5.82 Å². The molecule has 0 fully saturated rings. The molecule has 0 bridgehead atoms. The third kappa shape index (κ3) is 1.03. The van der Waals surface area contributed by atoms with Crippen molar-refractivity contribution < 1.29 is 9.90 Å². The highest BCUT2D eigenvalue weighted by molar-refractivity contribution is 5.88. The Hall–Kier alpha value is -1.98. The zero-order chi connectivity index (χ0) is 9.42. The van der Waals surface area contributed by atoms with Crippen LogP contribution in [0.1, 0.15) is 10.6 Å². The molecule has 0 unspecified atom stereocenters. The molecule has 0 spiro atoms. The Balaban J connectivity index is 2.81. The molecular formula is C7H6N4O2. The van der Waals surface area contributed by atoms with E-state index in [1.807, 2.05) is 0 Å². The molecule has 0 aliphatic rings. The molecule has 0 aliphatic heterocycles. The number of imidazole rings is 1. The van der Waals surface area contributed by atoms with Crippen molar-refractivity contribution in [1.82, 2.24) is 19.7 Å². The zero-order valence-corrected chi connectivity index (χ0v) is 6.80. The largest absolute Gasteiger partial charge is 0.475 e. The van der Waals surface area contributed by atoms with Crippen LogP contribution in [0.15, 0.2) is 12.3 Å². The molecule has 1 N–H and O–H groups in total. The molecule has 13 heavy (non-hydrogen) atoms. The van der Waals surface area contributed by atoms with Gasteiger partial charge in [-0.3, -0.25) is 0 Å². The smallest absolute Gasteiger partial charge is 0.372 e. The number of carboxylic acids is 1. The minimum atomic E-state index is -1.07. The van der Waals surface area contributed by atoms with E-state index in [0.717, 1.165) is 0 Å². The van der Waals surface area contributed by atoms with E-state index >= 15 is 0 Å². The number of aromatic nitrogens is 4. The lowest BCUT2D eigenvalue weighted by atomic mass is 10.5. The Morgan fingerprint density at radius 3 is 3.00 bits per heavy atom. The predicted octanol–water partition coefficient (Wildman–Crippen LogP) is 0.0615. The summed E-state index contributed by atoms with van der Waals surface area (Å²) in [4.78, 5) is 14.5. The SMILES string of the molecule is Cn1c(C(=O)O)nc2ccnnc21. The topological polar surface area (TPSA) is 80.9 Å². The van der Waals surface area contributed by atoms with Gasteiger partial charge < -0.3 is 9.67 Å². The first kappa shape index (κ1) is 7.66. The fourth-order valence-corrected chi connectivity index (χ4v) is 1.12. The second-order valence-corrected chi connectivity index (χ2v) is 2.54. The summed E-state index contributed by atoms with van der Waals surface area (Å²) in [5, 5.41) is 16.1. The van der Waals surface area contributed by atoms with E-state index in [1.54, 1.807) is 13.1 Å². The van der Waals surface area contributed by atoms with Gasteiger partial charge in [0.1, 0.15) is 5.52 Å². The van der Waals surface area contributed by atoms with Gasteiger partial charge in [-0.2, -0.15) is 5.10 Å². The maximum Gasteiger partial charge on any atom is 0.372 e. The molecule has 0 radical (unpaired) electrons. The van der Waals surface area contributed by atoms with Gasteiger partial charge in [-0.25, -0.2) is 9.78 Å². The lowest BCUT2D eigenvalue weighted by Gasteiger charge is -1.93. The first-order chi connectivity index (χ1) is 6.20. The molecule has 0 aliphatic carbocycles. The van der Waals surface area contributed by atoms with E-state index in [0.29, 0.717) is 11.2 Å². The van der Waals surface area contributed by atoms with Gasteiger partial charge in [0.05, 0.1) is 6.20 Å². The van der Waals surface area contributed by atoms with Gasteiger partial charge in [-0.05, 0) is 6.07 Å². The quantitative estimate of drug-likeness (QED) is 0.667. The number of fused-ring (bicyclic) bond motifs is 1. The number of hydrogen-bond donors (Lipinski definition) is 1. The van der Waals surface area contributed by atoms with Crippen LogP contribution in [-0.2, 0) is 7.05 Å². The summed E-state index contributed by atoms with van der Waals surface area (Å²) in [6.07, 6.45) is 1.47. The highest BCUT2D eigenvalue weighted by Crippen LogP contribution is 2.09. The summed E-state index contributed by atoms with van der Waals surface area (Å²) >= 11 is 0. The maximum atomic E-state index is 10.7. The second-order valence-electron chi connectivity index (χ2n) is 2.54. The standard InChI is InChI=1S/C7H6N4O2/c1-11-5-4(2-3-8-10-5)9-6(11)7(12)13/h2-3H,1H3,(H,12,13).